The monoisotopic (exact) mass is 377 g/mol. The number of nitrogens with one attached hydrogen (secondary N) is 2. The van der Waals surface area contributed by atoms with Crippen LogP contribution < -0.4 is 15.4 Å². The van der Waals surface area contributed by atoms with Crippen LogP contribution in [0.1, 0.15) is 10.4 Å². The molecule has 0 atom stereocenters. The summed E-state index contributed by atoms with van der Waals surface area (Å²) in [4.78, 5) is 14.9. The number of halogens is 2. The van der Waals surface area contributed by atoms with Crippen LogP contribution in [0.4, 0.5) is 4.39 Å². The topological polar surface area (TPSA) is 53.6 Å². The lowest BCUT2D eigenvalue weighted by molar-refractivity contribution is 0.0945. The Morgan fingerprint density at radius 2 is 1.92 bits per heavy atom. The summed E-state index contributed by atoms with van der Waals surface area (Å²) < 4.78 is 18.8. The molecule has 1 fully saturated rings. The van der Waals surface area contributed by atoms with Crippen molar-refractivity contribution in [2.45, 2.75) is 0 Å². The molecule has 0 radical (unpaired) electrons. The van der Waals surface area contributed by atoms with Crippen molar-refractivity contribution >= 4 is 17.5 Å². The van der Waals surface area contributed by atoms with Gasteiger partial charge in [-0.2, -0.15) is 0 Å². The average molecular weight is 378 g/mol. The highest BCUT2D eigenvalue weighted by Gasteiger charge is 2.15. The number of rotatable bonds is 6. The average Bonchev–Trinajstić information content (AvgIpc) is 2.66. The molecule has 2 aromatic rings. The van der Waals surface area contributed by atoms with Gasteiger partial charge in [0.15, 0.2) is 0 Å². The van der Waals surface area contributed by atoms with Crippen LogP contribution in [0.5, 0.6) is 11.5 Å². The maximum Gasteiger partial charge on any atom is 0.255 e. The van der Waals surface area contributed by atoms with Crippen molar-refractivity contribution in [3.8, 4) is 11.5 Å². The van der Waals surface area contributed by atoms with Crippen LogP contribution in [0.2, 0.25) is 5.02 Å². The van der Waals surface area contributed by atoms with E-state index in [0.29, 0.717) is 28.6 Å². The van der Waals surface area contributed by atoms with Crippen molar-refractivity contribution in [3.63, 3.8) is 0 Å². The van der Waals surface area contributed by atoms with Crippen LogP contribution in [0.25, 0.3) is 0 Å². The molecule has 1 heterocycles. The maximum atomic E-state index is 13.0. The highest BCUT2D eigenvalue weighted by Crippen LogP contribution is 2.28. The molecule has 0 spiro atoms. The molecule has 1 saturated heterocycles. The lowest BCUT2D eigenvalue weighted by atomic mass is 10.2. The number of carbonyl (C=O) groups is 1. The fourth-order valence-electron chi connectivity index (χ4n) is 2.76. The zero-order valence-electron chi connectivity index (χ0n) is 14.3. The lowest BCUT2D eigenvalue weighted by Gasteiger charge is -2.27. The van der Waals surface area contributed by atoms with E-state index in [4.69, 9.17) is 16.3 Å². The van der Waals surface area contributed by atoms with Crippen LogP contribution in [0.15, 0.2) is 42.5 Å². The predicted molar refractivity (Wildman–Crippen MR) is 99.6 cm³/mol. The zero-order valence-corrected chi connectivity index (χ0v) is 15.1. The second kappa shape index (κ2) is 8.98. The Hall–Kier alpha value is -2.15. The molecule has 138 valence electrons. The van der Waals surface area contributed by atoms with Gasteiger partial charge in [0.05, 0.1) is 5.56 Å². The summed E-state index contributed by atoms with van der Waals surface area (Å²) >= 11 is 6.04. The molecule has 0 bridgehead atoms. The summed E-state index contributed by atoms with van der Waals surface area (Å²) in [5.41, 5.74) is 0.349. The summed E-state index contributed by atoms with van der Waals surface area (Å²) in [7, 11) is 0. The predicted octanol–water partition coefficient (Wildman–Crippen LogP) is 2.91. The van der Waals surface area contributed by atoms with Crippen molar-refractivity contribution in [2.75, 3.05) is 39.3 Å². The van der Waals surface area contributed by atoms with E-state index in [2.05, 4.69) is 15.5 Å². The van der Waals surface area contributed by atoms with Gasteiger partial charge in [0.1, 0.15) is 17.3 Å². The summed E-state index contributed by atoms with van der Waals surface area (Å²) in [5.74, 6) is 0.225. The largest absolute Gasteiger partial charge is 0.457 e. The van der Waals surface area contributed by atoms with Crippen molar-refractivity contribution in [2.24, 2.45) is 0 Å². The first-order valence-corrected chi connectivity index (χ1v) is 8.94. The number of nitrogens with zero attached hydrogens (tertiary/aromatic N) is 1. The Labute approximate surface area is 157 Å². The van der Waals surface area contributed by atoms with Crippen molar-refractivity contribution in [3.05, 3.63) is 58.9 Å². The highest BCUT2D eigenvalue weighted by molar-refractivity contribution is 6.31. The van der Waals surface area contributed by atoms with E-state index in [0.717, 1.165) is 32.7 Å². The minimum atomic E-state index is -0.348. The molecule has 1 amide bonds. The zero-order chi connectivity index (χ0) is 18.4. The Morgan fingerprint density at radius 1 is 1.19 bits per heavy atom. The van der Waals surface area contributed by atoms with Crippen LogP contribution in [0, 0.1) is 5.82 Å². The molecular formula is C19H21ClFN3O2. The third-order valence-electron chi connectivity index (χ3n) is 4.15. The molecule has 2 N–H and O–H groups in total. The van der Waals surface area contributed by atoms with Crippen LogP contribution in [-0.4, -0.2) is 50.1 Å². The Kier molecular flexibility index (Phi) is 6.44. The smallest absolute Gasteiger partial charge is 0.255 e. The minimum Gasteiger partial charge on any atom is -0.457 e. The van der Waals surface area contributed by atoms with Gasteiger partial charge in [-0.15, -0.1) is 0 Å². The third kappa shape index (κ3) is 5.17. The fourth-order valence-corrected chi connectivity index (χ4v) is 2.93. The van der Waals surface area contributed by atoms with Gasteiger partial charge in [-0.3, -0.25) is 9.69 Å². The van der Waals surface area contributed by atoms with E-state index in [1.807, 2.05) is 0 Å². The third-order valence-corrected chi connectivity index (χ3v) is 4.39. The van der Waals surface area contributed by atoms with Crippen molar-refractivity contribution in [1.29, 1.82) is 0 Å². The highest BCUT2D eigenvalue weighted by atomic mass is 35.5. The van der Waals surface area contributed by atoms with Crippen LogP contribution >= 0.6 is 11.6 Å². The lowest BCUT2D eigenvalue weighted by Crippen LogP contribution is -2.46. The van der Waals surface area contributed by atoms with E-state index in [1.165, 1.54) is 24.3 Å². The summed E-state index contributed by atoms with van der Waals surface area (Å²) in [6.45, 7) is 5.23. The molecule has 0 aromatic heterocycles. The number of hydrogen-bond acceptors (Lipinski definition) is 4. The SMILES string of the molecule is O=C(NCCN1CCNCC1)c1cc(Cl)ccc1Oc1ccc(F)cc1. The Balaban J connectivity index is 1.64. The van der Waals surface area contributed by atoms with Crippen LogP contribution in [0.3, 0.4) is 0 Å². The van der Waals surface area contributed by atoms with Gasteiger partial charge in [-0.05, 0) is 42.5 Å². The summed E-state index contributed by atoms with van der Waals surface area (Å²) in [6.07, 6.45) is 0. The van der Waals surface area contributed by atoms with Gasteiger partial charge in [0.25, 0.3) is 5.91 Å². The molecule has 3 rings (SSSR count). The van der Waals surface area contributed by atoms with Gasteiger partial charge in [0.2, 0.25) is 0 Å². The quantitative estimate of drug-likeness (QED) is 0.812. The first-order valence-electron chi connectivity index (χ1n) is 8.56. The van der Waals surface area contributed by atoms with Gasteiger partial charge in [0, 0.05) is 44.3 Å². The molecule has 5 nitrogen and oxygen atoms in total. The molecule has 7 heteroatoms. The number of hydrogen-bond donors (Lipinski definition) is 2. The van der Waals surface area contributed by atoms with E-state index in [9.17, 15) is 9.18 Å². The van der Waals surface area contributed by atoms with Gasteiger partial charge >= 0.3 is 0 Å². The second-order valence-corrected chi connectivity index (χ2v) is 6.48. The molecule has 0 unspecified atom stereocenters. The number of carbonyl (C=O) groups excluding carboxylic acids is 1. The Morgan fingerprint density at radius 3 is 2.65 bits per heavy atom. The molecule has 1 aliphatic rings. The molecule has 0 aliphatic carbocycles. The van der Waals surface area contributed by atoms with Crippen LogP contribution in [-0.2, 0) is 0 Å². The van der Waals surface area contributed by atoms with Gasteiger partial charge < -0.3 is 15.4 Å². The van der Waals surface area contributed by atoms with Crippen molar-refractivity contribution < 1.29 is 13.9 Å². The number of benzene rings is 2. The van der Waals surface area contributed by atoms with E-state index >= 15 is 0 Å². The number of amides is 1. The van der Waals surface area contributed by atoms with E-state index in [-0.39, 0.29) is 11.7 Å². The van der Waals surface area contributed by atoms with E-state index in [1.54, 1.807) is 18.2 Å². The molecule has 1 aliphatic heterocycles. The van der Waals surface area contributed by atoms with Gasteiger partial charge in [-0.1, -0.05) is 11.6 Å². The number of ether oxygens (including phenoxy) is 1. The minimum absolute atomic E-state index is 0.250. The Bertz CT molecular complexity index is 749. The maximum absolute atomic E-state index is 13.0. The first kappa shape index (κ1) is 18.6. The summed E-state index contributed by atoms with van der Waals surface area (Å²) in [6, 6.07) is 10.5. The first-order chi connectivity index (χ1) is 12.6. The standard InChI is InChI=1S/C19H21ClFN3O2/c20-14-1-6-18(26-16-4-2-15(21)3-5-16)17(13-14)19(25)23-9-12-24-10-7-22-8-11-24/h1-6,13,22H,7-12H2,(H,23,25). The molecular weight excluding hydrogens is 357 g/mol. The normalized spacial score (nSPS) is 14.8. The molecule has 2 aromatic carbocycles. The number of piperazine rings is 1. The van der Waals surface area contributed by atoms with E-state index < -0.39 is 0 Å². The molecule has 26 heavy (non-hydrogen) atoms. The summed E-state index contributed by atoms with van der Waals surface area (Å²) in [5, 5.41) is 6.65. The van der Waals surface area contributed by atoms with Gasteiger partial charge in [-0.25, -0.2) is 4.39 Å². The van der Waals surface area contributed by atoms with Crippen molar-refractivity contribution in [1.82, 2.24) is 15.5 Å². The second-order valence-electron chi connectivity index (χ2n) is 6.04. The molecule has 0 saturated carbocycles. The fraction of sp³-hybridized carbons (Fsp3) is 0.316.